The first-order valence-corrected chi connectivity index (χ1v) is 9.93. The summed E-state index contributed by atoms with van der Waals surface area (Å²) in [7, 11) is 0. The first kappa shape index (κ1) is 21.4. The first-order chi connectivity index (χ1) is 14.4. The second kappa shape index (κ2) is 7.10. The number of halogens is 4. The Balaban J connectivity index is 1.76. The quantitative estimate of drug-likeness (QED) is 0.422. The fourth-order valence-corrected chi connectivity index (χ4v) is 4.21. The van der Waals surface area contributed by atoms with Gasteiger partial charge in [-0.2, -0.15) is 13.2 Å². The molecule has 5 nitrogen and oxygen atoms in total. The van der Waals surface area contributed by atoms with E-state index in [9.17, 15) is 27.2 Å². The van der Waals surface area contributed by atoms with Crippen molar-refractivity contribution in [2.45, 2.75) is 56.9 Å². The second-order valence-corrected chi connectivity index (χ2v) is 8.52. The van der Waals surface area contributed by atoms with Crippen LogP contribution in [0.15, 0.2) is 30.3 Å². The Hall–Kier alpha value is -2.84. The van der Waals surface area contributed by atoms with Crippen LogP contribution in [-0.4, -0.2) is 28.9 Å². The first-order valence-electron chi connectivity index (χ1n) is 9.93. The number of aromatic nitrogens is 1. The fourth-order valence-electron chi connectivity index (χ4n) is 4.21. The molecule has 2 heterocycles. The lowest BCUT2D eigenvalue weighted by molar-refractivity contribution is -0.239. The summed E-state index contributed by atoms with van der Waals surface area (Å²) in [5.41, 5.74) is -1.13. The average molecular weight is 439 g/mol. The van der Waals surface area contributed by atoms with Crippen molar-refractivity contribution in [1.82, 2.24) is 4.98 Å². The summed E-state index contributed by atoms with van der Waals surface area (Å²) in [4.78, 5) is 27.6. The Kier molecular flexibility index (Phi) is 4.90. The topological polar surface area (TPSA) is 68.4 Å². The zero-order chi connectivity index (χ0) is 22.6. The molecule has 2 aromatic rings. The molecule has 2 aliphatic rings. The van der Waals surface area contributed by atoms with Gasteiger partial charge >= 0.3 is 18.1 Å². The van der Waals surface area contributed by atoms with Crippen LogP contribution in [0.4, 0.5) is 17.6 Å². The molecule has 1 saturated heterocycles. The van der Waals surface area contributed by atoms with E-state index in [2.05, 4.69) is 4.98 Å². The van der Waals surface area contributed by atoms with Crippen LogP contribution in [0.25, 0.3) is 11.3 Å². The highest BCUT2D eigenvalue weighted by Crippen LogP contribution is 2.55. The van der Waals surface area contributed by atoms with Crippen LogP contribution in [-0.2, 0) is 30.9 Å². The van der Waals surface area contributed by atoms with E-state index in [4.69, 9.17) is 9.47 Å². The summed E-state index contributed by atoms with van der Waals surface area (Å²) in [6.45, 7) is 2.81. The molecule has 0 amide bonds. The molecule has 2 fully saturated rings. The van der Waals surface area contributed by atoms with E-state index < -0.39 is 41.1 Å². The number of H-pyrrole nitrogens is 1. The van der Waals surface area contributed by atoms with Crippen molar-refractivity contribution in [2.24, 2.45) is 5.92 Å². The van der Waals surface area contributed by atoms with Gasteiger partial charge in [-0.3, -0.25) is 9.59 Å². The predicted octanol–water partition coefficient (Wildman–Crippen LogP) is 4.80. The number of carbonyl (C=O) groups is 2. The molecular weight excluding hydrogens is 418 g/mol. The summed E-state index contributed by atoms with van der Waals surface area (Å²) >= 11 is 0. The van der Waals surface area contributed by atoms with E-state index in [0.717, 1.165) is 0 Å². The zero-order valence-electron chi connectivity index (χ0n) is 16.9. The second-order valence-electron chi connectivity index (χ2n) is 8.52. The SMILES string of the molecule is CC1(C)OC(=O)C(Cc2cc(-c3ccc(F)cc3)[nH]c2C2(C(F)(F)F)CCC2)C(=O)O1. The standard InChI is InChI=1S/C22H21F4NO4/c1-20(2)30-18(28)15(19(29)31-20)10-13-11-16(12-4-6-14(23)7-5-12)27-17(13)21(8-3-9-21)22(24,25)26/h4-7,11,15,27H,3,8-10H2,1-2H3. The number of rotatable bonds is 4. The Morgan fingerprint density at radius 1 is 1.06 bits per heavy atom. The Morgan fingerprint density at radius 2 is 1.65 bits per heavy atom. The molecule has 0 atom stereocenters. The summed E-state index contributed by atoms with van der Waals surface area (Å²) in [6.07, 6.45) is -4.59. The maximum absolute atomic E-state index is 14.1. The van der Waals surface area contributed by atoms with Crippen molar-refractivity contribution in [1.29, 1.82) is 0 Å². The molecule has 4 rings (SSSR count). The minimum atomic E-state index is -4.51. The molecule has 1 aromatic carbocycles. The van der Waals surface area contributed by atoms with Crippen LogP contribution in [0, 0.1) is 11.7 Å². The van der Waals surface area contributed by atoms with Gasteiger partial charge in [0, 0.05) is 25.2 Å². The highest BCUT2D eigenvalue weighted by molar-refractivity contribution is 5.97. The fraction of sp³-hybridized carbons (Fsp3) is 0.455. The Morgan fingerprint density at radius 3 is 2.13 bits per heavy atom. The number of benzene rings is 1. The van der Waals surface area contributed by atoms with Crippen LogP contribution in [0.5, 0.6) is 0 Å². The van der Waals surface area contributed by atoms with Gasteiger partial charge in [0.05, 0.1) is 0 Å². The molecule has 31 heavy (non-hydrogen) atoms. The molecule has 1 saturated carbocycles. The van der Waals surface area contributed by atoms with E-state index >= 15 is 0 Å². The van der Waals surface area contributed by atoms with Crippen LogP contribution < -0.4 is 0 Å². The van der Waals surface area contributed by atoms with Crippen molar-refractivity contribution in [2.75, 3.05) is 0 Å². The number of ether oxygens (including phenoxy) is 2. The average Bonchev–Trinajstić information content (AvgIpc) is 2.99. The Labute approximate surface area is 175 Å². The van der Waals surface area contributed by atoms with Gasteiger partial charge in [-0.1, -0.05) is 6.42 Å². The molecule has 0 unspecified atom stereocenters. The van der Waals surface area contributed by atoms with Crippen molar-refractivity contribution in [3.63, 3.8) is 0 Å². The molecule has 1 aliphatic heterocycles. The molecule has 1 aromatic heterocycles. The molecule has 1 N–H and O–H groups in total. The summed E-state index contributed by atoms with van der Waals surface area (Å²) in [6, 6.07) is 6.78. The summed E-state index contributed by atoms with van der Waals surface area (Å²) < 4.78 is 65.7. The molecule has 166 valence electrons. The number of nitrogens with one attached hydrogen (secondary N) is 1. The lowest BCUT2D eigenvalue weighted by Crippen LogP contribution is -2.49. The minimum Gasteiger partial charge on any atom is -0.422 e. The summed E-state index contributed by atoms with van der Waals surface area (Å²) in [5.74, 6) is -4.95. The maximum Gasteiger partial charge on any atom is 0.399 e. The lowest BCUT2D eigenvalue weighted by atomic mass is 9.64. The molecule has 1 aliphatic carbocycles. The third-order valence-electron chi connectivity index (χ3n) is 5.97. The third kappa shape index (κ3) is 3.70. The van der Waals surface area contributed by atoms with E-state index in [-0.39, 0.29) is 30.5 Å². The van der Waals surface area contributed by atoms with Crippen LogP contribution in [0.3, 0.4) is 0 Å². The van der Waals surface area contributed by atoms with Gasteiger partial charge < -0.3 is 14.5 Å². The van der Waals surface area contributed by atoms with E-state index in [1.54, 1.807) is 0 Å². The number of hydrogen-bond donors (Lipinski definition) is 1. The third-order valence-corrected chi connectivity index (χ3v) is 5.97. The van der Waals surface area contributed by atoms with Gasteiger partial charge in [0.25, 0.3) is 5.79 Å². The van der Waals surface area contributed by atoms with Crippen LogP contribution in [0.2, 0.25) is 0 Å². The van der Waals surface area contributed by atoms with Gasteiger partial charge in [0.2, 0.25) is 0 Å². The lowest BCUT2D eigenvalue weighted by Gasteiger charge is -2.43. The molecule has 0 spiro atoms. The van der Waals surface area contributed by atoms with Crippen molar-refractivity contribution >= 4 is 11.9 Å². The molecular formula is C22H21F4NO4. The van der Waals surface area contributed by atoms with Gasteiger partial charge in [-0.05, 0) is 60.7 Å². The summed E-state index contributed by atoms with van der Waals surface area (Å²) in [5, 5.41) is 0. The smallest absolute Gasteiger partial charge is 0.399 e. The van der Waals surface area contributed by atoms with Crippen molar-refractivity contribution in [3.8, 4) is 11.3 Å². The normalized spacial score (nSPS) is 20.7. The number of aromatic amines is 1. The minimum absolute atomic E-state index is 0.0731. The van der Waals surface area contributed by atoms with Crippen molar-refractivity contribution in [3.05, 3.63) is 47.4 Å². The Bertz CT molecular complexity index is 999. The number of esters is 2. The van der Waals surface area contributed by atoms with E-state index in [1.165, 1.54) is 44.2 Å². The zero-order valence-corrected chi connectivity index (χ0v) is 16.9. The van der Waals surface area contributed by atoms with Gasteiger partial charge in [0.15, 0.2) is 5.92 Å². The van der Waals surface area contributed by atoms with Gasteiger partial charge in [0.1, 0.15) is 11.2 Å². The number of carbonyl (C=O) groups excluding carboxylic acids is 2. The molecule has 0 bridgehead atoms. The van der Waals surface area contributed by atoms with Gasteiger partial charge in [-0.25, -0.2) is 4.39 Å². The molecule has 9 heteroatoms. The van der Waals surface area contributed by atoms with E-state index in [1.807, 2.05) is 0 Å². The number of alkyl halides is 3. The molecule has 0 radical (unpaired) electrons. The van der Waals surface area contributed by atoms with E-state index in [0.29, 0.717) is 17.7 Å². The highest BCUT2D eigenvalue weighted by Gasteiger charge is 2.61. The maximum atomic E-state index is 14.1. The van der Waals surface area contributed by atoms with Crippen molar-refractivity contribution < 1.29 is 36.6 Å². The predicted molar refractivity (Wildman–Crippen MR) is 101 cm³/mol. The van der Waals surface area contributed by atoms with Gasteiger partial charge in [-0.15, -0.1) is 0 Å². The number of cyclic esters (lactones) is 2. The largest absolute Gasteiger partial charge is 0.422 e. The van der Waals surface area contributed by atoms with Crippen LogP contribution in [0.1, 0.15) is 44.4 Å². The monoisotopic (exact) mass is 439 g/mol. The highest BCUT2D eigenvalue weighted by atomic mass is 19.4. The van der Waals surface area contributed by atoms with Crippen LogP contribution >= 0.6 is 0 Å². The number of hydrogen-bond acceptors (Lipinski definition) is 4.